The van der Waals surface area contributed by atoms with Crippen molar-refractivity contribution in [2.24, 2.45) is 0 Å². The fourth-order valence-corrected chi connectivity index (χ4v) is 4.62. The molecule has 0 radical (unpaired) electrons. The molecule has 0 aromatic heterocycles. The monoisotopic (exact) mass is 550 g/mol. The average Bonchev–Trinajstić information content (AvgIpc) is 3.28. The first-order valence-corrected chi connectivity index (χ1v) is 13.1. The molecule has 0 bridgehead atoms. The number of imide groups is 1. The van der Waals surface area contributed by atoms with Crippen LogP contribution in [0.15, 0.2) is 103 Å². The minimum atomic E-state index is -0.682. The number of ether oxygens (including phenoxy) is 4. The average molecular weight is 551 g/mol. The molecule has 0 spiro atoms. The lowest BCUT2D eigenvalue weighted by Gasteiger charge is -2.26. The normalized spacial score (nSPS) is 13.7. The number of cyclic esters (lactones) is 1. The number of rotatable bonds is 10. The quantitative estimate of drug-likeness (QED) is 0.202. The Morgan fingerprint density at radius 3 is 1.78 bits per heavy atom. The molecule has 5 rings (SSSR count). The molecular weight excluding hydrogens is 520 g/mol. The SMILES string of the molecule is COc1ccc(N(c2ccc(C=C3OC(=O)N(CCc4ccccc4OC)C3=O)cc2)c2ccc(OC)cc2)cc1. The molecule has 1 aliphatic heterocycles. The van der Waals surface area contributed by atoms with Crippen molar-refractivity contribution in [2.75, 3.05) is 32.8 Å². The number of amides is 2. The first-order chi connectivity index (χ1) is 20.0. The Balaban J connectivity index is 1.36. The van der Waals surface area contributed by atoms with Crippen molar-refractivity contribution in [1.82, 2.24) is 4.90 Å². The first-order valence-electron chi connectivity index (χ1n) is 13.1. The number of carbonyl (C=O) groups is 2. The lowest BCUT2D eigenvalue weighted by atomic mass is 10.1. The third kappa shape index (κ3) is 6.01. The van der Waals surface area contributed by atoms with Gasteiger partial charge < -0.3 is 23.8 Å². The lowest BCUT2D eigenvalue weighted by molar-refractivity contribution is -0.123. The summed E-state index contributed by atoms with van der Waals surface area (Å²) in [6.07, 6.45) is 1.36. The fourth-order valence-electron chi connectivity index (χ4n) is 4.62. The second-order valence-electron chi connectivity index (χ2n) is 9.22. The van der Waals surface area contributed by atoms with Gasteiger partial charge in [0.05, 0.1) is 21.3 Å². The van der Waals surface area contributed by atoms with E-state index in [9.17, 15) is 9.59 Å². The molecule has 2 amide bonds. The van der Waals surface area contributed by atoms with Crippen molar-refractivity contribution < 1.29 is 28.5 Å². The van der Waals surface area contributed by atoms with Crippen LogP contribution in [0.25, 0.3) is 6.08 Å². The number of hydrogen-bond donors (Lipinski definition) is 0. The molecule has 8 nitrogen and oxygen atoms in total. The van der Waals surface area contributed by atoms with Crippen molar-refractivity contribution in [2.45, 2.75) is 6.42 Å². The van der Waals surface area contributed by atoms with Gasteiger partial charge in [0.25, 0.3) is 5.91 Å². The zero-order valence-corrected chi connectivity index (χ0v) is 23.1. The highest BCUT2D eigenvalue weighted by Crippen LogP contribution is 2.36. The zero-order valence-electron chi connectivity index (χ0n) is 23.1. The molecule has 4 aromatic carbocycles. The molecule has 1 heterocycles. The van der Waals surface area contributed by atoms with E-state index in [1.54, 1.807) is 27.4 Å². The van der Waals surface area contributed by atoms with Gasteiger partial charge in [-0.15, -0.1) is 0 Å². The molecule has 1 aliphatic rings. The van der Waals surface area contributed by atoms with E-state index in [1.807, 2.05) is 97.1 Å². The van der Waals surface area contributed by atoms with Crippen molar-refractivity contribution in [3.63, 3.8) is 0 Å². The van der Waals surface area contributed by atoms with Crippen LogP contribution in [-0.2, 0) is 16.0 Å². The van der Waals surface area contributed by atoms with Crippen LogP contribution in [0.4, 0.5) is 21.9 Å². The molecule has 0 saturated carbocycles. The van der Waals surface area contributed by atoms with Crippen molar-refractivity contribution in [1.29, 1.82) is 0 Å². The van der Waals surface area contributed by atoms with E-state index in [0.29, 0.717) is 12.2 Å². The van der Waals surface area contributed by atoms with Gasteiger partial charge in [0.1, 0.15) is 17.2 Å². The summed E-state index contributed by atoms with van der Waals surface area (Å²) < 4.78 is 21.4. The number of anilines is 3. The summed E-state index contributed by atoms with van der Waals surface area (Å²) in [5.74, 6) is 1.76. The third-order valence-electron chi connectivity index (χ3n) is 6.78. The van der Waals surface area contributed by atoms with Crippen molar-refractivity contribution in [3.8, 4) is 17.2 Å². The second kappa shape index (κ2) is 12.3. The van der Waals surface area contributed by atoms with Crippen LogP contribution < -0.4 is 19.1 Å². The molecule has 1 fully saturated rings. The van der Waals surface area contributed by atoms with Gasteiger partial charge in [-0.25, -0.2) is 9.69 Å². The molecule has 0 atom stereocenters. The van der Waals surface area contributed by atoms with E-state index in [-0.39, 0.29) is 12.3 Å². The van der Waals surface area contributed by atoms with Crippen LogP contribution >= 0.6 is 0 Å². The summed E-state index contributed by atoms with van der Waals surface area (Å²) in [5.41, 5.74) is 4.40. The largest absolute Gasteiger partial charge is 0.497 e. The Morgan fingerprint density at radius 1 is 0.707 bits per heavy atom. The highest BCUT2D eigenvalue weighted by atomic mass is 16.6. The summed E-state index contributed by atoms with van der Waals surface area (Å²) >= 11 is 0. The van der Waals surface area contributed by atoms with E-state index < -0.39 is 12.0 Å². The fraction of sp³-hybridized carbons (Fsp3) is 0.152. The molecule has 0 unspecified atom stereocenters. The van der Waals surface area contributed by atoms with Gasteiger partial charge in [0.15, 0.2) is 5.76 Å². The van der Waals surface area contributed by atoms with Crippen LogP contribution in [0.5, 0.6) is 17.2 Å². The standard InChI is InChI=1S/C33H30N2O6/c1-38-28-16-12-26(13-17-28)35(27-14-18-29(39-2)19-15-27)25-10-8-23(9-11-25)22-31-32(36)34(33(37)41-31)21-20-24-6-4-5-7-30(24)40-3/h4-19,22H,20-21H2,1-3H3. The van der Waals surface area contributed by atoms with Gasteiger partial charge in [-0.1, -0.05) is 30.3 Å². The topological polar surface area (TPSA) is 77.5 Å². The Labute approximate surface area is 238 Å². The van der Waals surface area contributed by atoms with Gasteiger partial charge in [-0.3, -0.25) is 4.79 Å². The van der Waals surface area contributed by atoms with Crippen LogP contribution in [0, 0.1) is 0 Å². The van der Waals surface area contributed by atoms with Gasteiger partial charge in [0.2, 0.25) is 0 Å². The van der Waals surface area contributed by atoms with Crippen LogP contribution in [0.1, 0.15) is 11.1 Å². The summed E-state index contributed by atoms with van der Waals surface area (Å²) in [6, 6.07) is 30.7. The number of para-hydroxylation sites is 1. The molecule has 0 aliphatic carbocycles. The Hall–Kier alpha value is -5.24. The van der Waals surface area contributed by atoms with Crippen LogP contribution in [0.2, 0.25) is 0 Å². The minimum absolute atomic E-state index is 0.00931. The summed E-state index contributed by atoms with van der Waals surface area (Å²) in [7, 11) is 4.86. The molecule has 208 valence electrons. The number of benzene rings is 4. The summed E-state index contributed by atoms with van der Waals surface area (Å²) in [5, 5.41) is 0. The molecule has 8 heteroatoms. The maximum absolute atomic E-state index is 13.0. The first kappa shape index (κ1) is 27.3. The number of nitrogens with zero attached hydrogens (tertiary/aromatic N) is 2. The van der Waals surface area contributed by atoms with Crippen molar-refractivity contribution >= 4 is 35.1 Å². The van der Waals surface area contributed by atoms with Crippen LogP contribution in [-0.4, -0.2) is 44.8 Å². The van der Waals surface area contributed by atoms with Gasteiger partial charge >= 0.3 is 6.09 Å². The summed E-state index contributed by atoms with van der Waals surface area (Å²) in [6.45, 7) is 0.188. The highest BCUT2D eigenvalue weighted by Gasteiger charge is 2.36. The lowest BCUT2D eigenvalue weighted by Crippen LogP contribution is -2.30. The van der Waals surface area contributed by atoms with Gasteiger partial charge in [-0.05, 0) is 90.4 Å². The third-order valence-corrected chi connectivity index (χ3v) is 6.78. The smallest absolute Gasteiger partial charge is 0.422 e. The maximum atomic E-state index is 13.0. The maximum Gasteiger partial charge on any atom is 0.422 e. The molecule has 0 N–H and O–H groups in total. The Bertz CT molecular complexity index is 1500. The number of carbonyl (C=O) groups excluding carboxylic acids is 2. The predicted molar refractivity (Wildman–Crippen MR) is 157 cm³/mol. The zero-order chi connectivity index (χ0) is 28.8. The molecule has 1 saturated heterocycles. The van der Waals surface area contributed by atoms with Gasteiger partial charge in [-0.2, -0.15) is 0 Å². The van der Waals surface area contributed by atoms with E-state index in [2.05, 4.69) is 4.90 Å². The molecule has 4 aromatic rings. The molecular formula is C33H30N2O6. The van der Waals surface area contributed by atoms with E-state index >= 15 is 0 Å². The predicted octanol–water partition coefficient (Wildman–Crippen LogP) is 6.74. The van der Waals surface area contributed by atoms with E-state index in [0.717, 1.165) is 44.6 Å². The second-order valence-corrected chi connectivity index (χ2v) is 9.22. The van der Waals surface area contributed by atoms with Crippen LogP contribution in [0.3, 0.4) is 0 Å². The minimum Gasteiger partial charge on any atom is -0.497 e. The summed E-state index contributed by atoms with van der Waals surface area (Å²) in [4.78, 5) is 28.7. The Kier molecular flexibility index (Phi) is 8.20. The highest BCUT2D eigenvalue weighted by molar-refractivity contribution is 6.09. The van der Waals surface area contributed by atoms with Gasteiger partial charge in [0, 0.05) is 23.6 Å². The Morgan fingerprint density at radius 2 is 1.24 bits per heavy atom. The van der Waals surface area contributed by atoms with E-state index in [1.165, 1.54) is 0 Å². The van der Waals surface area contributed by atoms with E-state index in [4.69, 9.17) is 18.9 Å². The number of hydrogen-bond acceptors (Lipinski definition) is 7. The van der Waals surface area contributed by atoms with Crippen molar-refractivity contribution in [3.05, 3.63) is 114 Å². The number of methoxy groups -OCH3 is 3. The molecule has 41 heavy (non-hydrogen) atoms.